The number of ketones is 1. The molecule has 4 heteroatoms. The van der Waals surface area contributed by atoms with E-state index in [9.17, 15) is 4.79 Å². The molecule has 0 saturated carbocycles. The summed E-state index contributed by atoms with van der Waals surface area (Å²) in [5.41, 5.74) is 1.28. The fraction of sp³-hybridized carbons (Fsp3) is 0.333. The molecular formula is C12H13NO3. The van der Waals surface area contributed by atoms with Crippen molar-refractivity contribution in [2.45, 2.75) is 13.3 Å². The zero-order valence-corrected chi connectivity index (χ0v) is 9.53. The smallest absolute Gasteiger partial charge is 0.177 e. The molecule has 0 aliphatic rings. The van der Waals surface area contributed by atoms with E-state index in [0.29, 0.717) is 17.1 Å². The minimum atomic E-state index is -0.207. The van der Waals surface area contributed by atoms with Gasteiger partial charge < -0.3 is 9.47 Å². The number of carbonyl (C=O) groups is 1. The van der Waals surface area contributed by atoms with E-state index in [-0.39, 0.29) is 12.2 Å². The van der Waals surface area contributed by atoms with Gasteiger partial charge in [-0.25, -0.2) is 0 Å². The third kappa shape index (κ3) is 2.31. The van der Waals surface area contributed by atoms with Crippen molar-refractivity contribution < 1.29 is 14.3 Å². The van der Waals surface area contributed by atoms with Gasteiger partial charge in [0.25, 0.3) is 0 Å². The average molecular weight is 219 g/mol. The van der Waals surface area contributed by atoms with E-state index in [4.69, 9.17) is 14.7 Å². The molecule has 0 spiro atoms. The molecule has 1 rings (SSSR count). The Kier molecular flexibility index (Phi) is 3.90. The maximum absolute atomic E-state index is 11.6. The lowest BCUT2D eigenvalue weighted by Gasteiger charge is -2.11. The maximum Gasteiger partial charge on any atom is 0.177 e. The Morgan fingerprint density at radius 2 is 1.88 bits per heavy atom. The van der Waals surface area contributed by atoms with Crippen molar-refractivity contribution in [3.8, 4) is 17.6 Å². The van der Waals surface area contributed by atoms with Crippen molar-refractivity contribution in [2.75, 3.05) is 14.2 Å². The first kappa shape index (κ1) is 12.1. The third-order valence-electron chi connectivity index (χ3n) is 2.27. The van der Waals surface area contributed by atoms with Crippen molar-refractivity contribution in [1.82, 2.24) is 0 Å². The van der Waals surface area contributed by atoms with Crippen LogP contribution >= 0.6 is 0 Å². The highest BCUT2D eigenvalue weighted by atomic mass is 16.5. The minimum absolute atomic E-state index is 0.129. The monoisotopic (exact) mass is 219 g/mol. The number of benzene rings is 1. The van der Waals surface area contributed by atoms with Crippen LogP contribution < -0.4 is 9.47 Å². The molecule has 0 heterocycles. The lowest BCUT2D eigenvalue weighted by atomic mass is 10.0. The molecule has 1 aromatic rings. The third-order valence-corrected chi connectivity index (χ3v) is 2.27. The fourth-order valence-electron chi connectivity index (χ4n) is 1.45. The van der Waals surface area contributed by atoms with Gasteiger partial charge in [-0.15, -0.1) is 0 Å². The predicted octanol–water partition coefficient (Wildman–Crippen LogP) is 2.11. The molecule has 0 N–H and O–H groups in total. The van der Waals surface area contributed by atoms with Crippen LogP contribution in [0.5, 0.6) is 11.5 Å². The Balaban J connectivity index is 3.22. The number of nitrogens with zero attached hydrogens (tertiary/aromatic N) is 1. The SMILES string of the molecule is COc1cc(C)c(C(=O)CC#N)cc1OC. The zero-order valence-electron chi connectivity index (χ0n) is 9.53. The zero-order chi connectivity index (χ0) is 12.1. The summed E-state index contributed by atoms with van der Waals surface area (Å²) in [6.07, 6.45) is -0.129. The number of methoxy groups -OCH3 is 2. The van der Waals surface area contributed by atoms with Crippen LogP contribution in [0.4, 0.5) is 0 Å². The van der Waals surface area contributed by atoms with Crippen LogP contribution in [-0.4, -0.2) is 20.0 Å². The molecular weight excluding hydrogens is 206 g/mol. The van der Waals surface area contributed by atoms with Crippen molar-refractivity contribution in [3.05, 3.63) is 23.3 Å². The summed E-state index contributed by atoms with van der Waals surface area (Å²) in [5, 5.41) is 8.49. The van der Waals surface area contributed by atoms with E-state index in [0.717, 1.165) is 5.56 Å². The molecule has 0 atom stereocenters. The lowest BCUT2D eigenvalue weighted by molar-refractivity contribution is 0.0996. The Bertz CT molecular complexity index is 446. The number of ether oxygens (including phenoxy) is 2. The Morgan fingerprint density at radius 3 is 2.38 bits per heavy atom. The van der Waals surface area contributed by atoms with Gasteiger partial charge in [0.2, 0.25) is 0 Å². The summed E-state index contributed by atoms with van der Waals surface area (Å²) in [4.78, 5) is 11.6. The molecule has 0 saturated heterocycles. The van der Waals surface area contributed by atoms with E-state index < -0.39 is 0 Å². The van der Waals surface area contributed by atoms with Gasteiger partial charge in [0, 0.05) is 5.56 Å². The molecule has 84 valence electrons. The van der Waals surface area contributed by atoms with Crippen molar-refractivity contribution in [1.29, 1.82) is 5.26 Å². The summed E-state index contributed by atoms with van der Waals surface area (Å²) >= 11 is 0. The van der Waals surface area contributed by atoms with E-state index in [2.05, 4.69) is 0 Å². The number of hydrogen-bond donors (Lipinski definition) is 0. The second-order valence-corrected chi connectivity index (χ2v) is 3.28. The van der Waals surface area contributed by atoms with Crippen LogP contribution in [0, 0.1) is 18.3 Å². The highest BCUT2D eigenvalue weighted by Crippen LogP contribution is 2.30. The molecule has 0 aliphatic heterocycles. The molecule has 0 radical (unpaired) electrons. The van der Waals surface area contributed by atoms with Crippen molar-refractivity contribution >= 4 is 5.78 Å². The van der Waals surface area contributed by atoms with E-state index in [1.807, 2.05) is 6.07 Å². The maximum atomic E-state index is 11.6. The van der Waals surface area contributed by atoms with Crippen LogP contribution in [0.15, 0.2) is 12.1 Å². The van der Waals surface area contributed by atoms with Crippen LogP contribution in [0.2, 0.25) is 0 Å². The number of nitriles is 1. The van der Waals surface area contributed by atoms with Crippen molar-refractivity contribution in [3.63, 3.8) is 0 Å². The Labute approximate surface area is 94.4 Å². The summed E-state index contributed by atoms with van der Waals surface area (Å²) in [6.45, 7) is 1.80. The van der Waals surface area contributed by atoms with Crippen LogP contribution in [0.25, 0.3) is 0 Å². The number of Topliss-reactive ketones (excluding diaryl/α,β-unsaturated/α-hetero) is 1. The molecule has 1 aromatic carbocycles. The average Bonchev–Trinajstić information content (AvgIpc) is 2.28. The lowest BCUT2D eigenvalue weighted by Crippen LogP contribution is -2.02. The molecule has 4 nitrogen and oxygen atoms in total. The first-order chi connectivity index (χ1) is 7.63. The predicted molar refractivity (Wildman–Crippen MR) is 58.8 cm³/mol. The summed E-state index contributed by atoms with van der Waals surface area (Å²) in [5.74, 6) is 0.865. The standard InChI is InChI=1S/C12H13NO3/c1-8-6-11(15-2)12(16-3)7-9(8)10(14)4-5-13/h6-7H,4H2,1-3H3. The van der Waals surface area contributed by atoms with E-state index >= 15 is 0 Å². The molecule has 0 fully saturated rings. The van der Waals surface area contributed by atoms with Crippen LogP contribution in [0.3, 0.4) is 0 Å². The van der Waals surface area contributed by atoms with Gasteiger partial charge >= 0.3 is 0 Å². The van der Waals surface area contributed by atoms with Gasteiger partial charge in [-0.2, -0.15) is 5.26 Å². The van der Waals surface area contributed by atoms with Gasteiger partial charge in [-0.1, -0.05) is 0 Å². The van der Waals surface area contributed by atoms with Gasteiger partial charge in [0.05, 0.1) is 26.7 Å². The first-order valence-corrected chi connectivity index (χ1v) is 4.76. The quantitative estimate of drug-likeness (QED) is 0.727. The van der Waals surface area contributed by atoms with E-state index in [1.54, 1.807) is 19.1 Å². The van der Waals surface area contributed by atoms with Gasteiger partial charge in [0.1, 0.15) is 0 Å². The second kappa shape index (κ2) is 5.17. The normalized spacial score (nSPS) is 9.38. The summed E-state index contributed by atoms with van der Waals surface area (Å²) < 4.78 is 10.2. The molecule has 0 bridgehead atoms. The van der Waals surface area contributed by atoms with E-state index in [1.165, 1.54) is 14.2 Å². The van der Waals surface area contributed by atoms with Crippen LogP contribution in [0.1, 0.15) is 22.3 Å². The second-order valence-electron chi connectivity index (χ2n) is 3.28. The fourth-order valence-corrected chi connectivity index (χ4v) is 1.45. The number of hydrogen-bond acceptors (Lipinski definition) is 4. The molecule has 16 heavy (non-hydrogen) atoms. The van der Waals surface area contributed by atoms with Gasteiger partial charge in [-0.05, 0) is 24.6 Å². The van der Waals surface area contributed by atoms with Crippen molar-refractivity contribution in [2.24, 2.45) is 0 Å². The topological polar surface area (TPSA) is 59.3 Å². The molecule has 0 aromatic heterocycles. The molecule has 0 aliphatic carbocycles. The largest absolute Gasteiger partial charge is 0.493 e. The van der Waals surface area contributed by atoms with Crippen LogP contribution in [-0.2, 0) is 0 Å². The summed E-state index contributed by atoms with van der Waals surface area (Å²) in [6, 6.07) is 5.17. The Morgan fingerprint density at radius 1 is 1.31 bits per heavy atom. The Hall–Kier alpha value is -2.02. The number of aryl methyl sites for hydroxylation is 1. The molecule has 0 unspecified atom stereocenters. The number of carbonyl (C=O) groups excluding carboxylic acids is 1. The summed E-state index contributed by atoms with van der Waals surface area (Å²) in [7, 11) is 3.04. The highest BCUT2D eigenvalue weighted by Gasteiger charge is 2.13. The van der Waals surface area contributed by atoms with Gasteiger partial charge in [0.15, 0.2) is 17.3 Å². The highest BCUT2D eigenvalue weighted by molar-refractivity contribution is 5.99. The number of rotatable bonds is 4. The minimum Gasteiger partial charge on any atom is -0.493 e. The first-order valence-electron chi connectivity index (χ1n) is 4.76. The molecule has 0 amide bonds. The van der Waals surface area contributed by atoms with Gasteiger partial charge in [-0.3, -0.25) is 4.79 Å².